The maximum Gasteiger partial charge on any atom is 0.0148 e. The van der Waals surface area contributed by atoms with Crippen LogP contribution in [0.2, 0.25) is 0 Å². The summed E-state index contributed by atoms with van der Waals surface area (Å²) in [6.07, 6.45) is 8.64. The van der Waals surface area contributed by atoms with Crippen LogP contribution in [0, 0.1) is 41.4 Å². The molecule has 2 aromatic rings. The van der Waals surface area contributed by atoms with Crippen LogP contribution in [-0.2, 0) is 0 Å². The van der Waals surface area contributed by atoms with Gasteiger partial charge >= 0.3 is 0 Å². The highest BCUT2D eigenvalue weighted by Gasteiger charge is 2.52. The van der Waals surface area contributed by atoms with E-state index in [0.29, 0.717) is 5.92 Å². The molecule has 0 amide bonds. The van der Waals surface area contributed by atoms with Crippen molar-refractivity contribution < 1.29 is 0 Å². The molecule has 4 aliphatic rings. The summed E-state index contributed by atoms with van der Waals surface area (Å²) in [5.41, 5.74) is 6.17. The third-order valence-corrected chi connectivity index (χ3v) is 10.7. The molecule has 2 aromatic carbocycles. The standard InChI is InChI=1S/C29H35Br/c1-17-13-27-18(2)21-12-11-20(30)14-19(21)15-28(27)26(17)16-29-24-9-5-3-7-22(24)23-8-4-6-10-25(23)29/h3-10,17-21,26-29H,11-16H2,1-2H3. The number of hydrogen-bond donors (Lipinski definition) is 0. The van der Waals surface area contributed by atoms with Gasteiger partial charge < -0.3 is 0 Å². The van der Waals surface area contributed by atoms with Crippen molar-refractivity contribution in [3.05, 3.63) is 59.7 Å². The van der Waals surface area contributed by atoms with Crippen molar-refractivity contribution in [1.82, 2.24) is 0 Å². The van der Waals surface area contributed by atoms with Crippen molar-refractivity contribution >= 4 is 15.9 Å². The molecule has 6 rings (SSSR count). The molecule has 0 radical (unpaired) electrons. The molecule has 0 aliphatic heterocycles. The Bertz CT molecular complexity index is 884. The lowest BCUT2D eigenvalue weighted by atomic mass is 9.58. The summed E-state index contributed by atoms with van der Waals surface area (Å²) in [5, 5.41) is 0. The van der Waals surface area contributed by atoms with E-state index in [2.05, 4.69) is 78.3 Å². The molecule has 3 saturated carbocycles. The molecule has 0 heterocycles. The molecule has 8 atom stereocenters. The van der Waals surface area contributed by atoms with Crippen LogP contribution in [0.15, 0.2) is 48.5 Å². The van der Waals surface area contributed by atoms with Crippen molar-refractivity contribution in [1.29, 1.82) is 0 Å². The van der Waals surface area contributed by atoms with E-state index in [-0.39, 0.29) is 0 Å². The highest BCUT2D eigenvalue weighted by Crippen LogP contribution is 2.60. The summed E-state index contributed by atoms with van der Waals surface area (Å²) in [7, 11) is 0. The predicted molar refractivity (Wildman–Crippen MR) is 130 cm³/mol. The second-order valence-electron chi connectivity index (χ2n) is 11.1. The van der Waals surface area contributed by atoms with Gasteiger partial charge in [-0.1, -0.05) is 78.3 Å². The Morgan fingerprint density at radius 2 is 1.43 bits per heavy atom. The van der Waals surface area contributed by atoms with Crippen LogP contribution in [0.3, 0.4) is 0 Å². The SMILES string of the molecule is CC1CC2C(C)C3CCC(Br)CC3CC2C1CC1c2ccccc2-c2ccccc21. The van der Waals surface area contributed by atoms with Gasteiger partial charge in [-0.25, -0.2) is 0 Å². The molecule has 0 nitrogen and oxygen atoms in total. The fourth-order valence-corrected chi connectivity index (χ4v) is 9.27. The van der Waals surface area contributed by atoms with Crippen LogP contribution >= 0.6 is 15.9 Å². The minimum atomic E-state index is 0.604. The number of benzene rings is 2. The summed E-state index contributed by atoms with van der Waals surface area (Å²) < 4.78 is 0. The van der Waals surface area contributed by atoms with Crippen LogP contribution in [0.25, 0.3) is 11.1 Å². The molecule has 158 valence electrons. The van der Waals surface area contributed by atoms with E-state index < -0.39 is 0 Å². The third-order valence-electron chi connectivity index (χ3n) is 9.85. The average molecular weight is 464 g/mol. The van der Waals surface area contributed by atoms with Gasteiger partial charge in [-0.3, -0.25) is 0 Å². The lowest BCUT2D eigenvalue weighted by molar-refractivity contribution is 0.0221. The molecule has 4 aliphatic carbocycles. The average Bonchev–Trinajstić information content (AvgIpc) is 3.24. The molecule has 0 spiro atoms. The zero-order valence-electron chi connectivity index (χ0n) is 18.4. The summed E-state index contributed by atoms with van der Waals surface area (Å²) >= 11 is 3.98. The number of halogens is 1. The molecule has 1 heteroatoms. The molecule has 0 aromatic heterocycles. The smallest absolute Gasteiger partial charge is 0.0148 e. The Hall–Kier alpha value is -1.08. The number of rotatable bonds is 2. The topological polar surface area (TPSA) is 0 Å². The highest BCUT2D eigenvalue weighted by molar-refractivity contribution is 9.09. The lowest BCUT2D eigenvalue weighted by Gasteiger charge is -2.48. The van der Waals surface area contributed by atoms with E-state index in [9.17, 15) is 0 Å². The Morgan fingerprint density at radius 1 is 0.767 bits per heavy atom. The second-order valence-corrected chi connectivity index (χ2v) is 12.4. The van der Waals surface area contributed by atoms with E-state index >= 15 is 0 Å². The summed E-state index contributed by atoms with van der Waals surface area (Å²) in [5.74, 6) is 7.20. The monoisotopic (exact) mass is 462 g/mol. The van der Waals surface area contributed by atoms with Gasteiger partial charge in [-0.05, 0) is 102 Å². The van der Waals surface area contributed by atoms with Gasteiger partial charge in [0.1, 0.15) is 0 Å². The zero-order valence-corrected chi connectivity index (χ0v) is 20.0. The highest BCUT2D eigenvalue weighted by atomic mass is 79.9. The van der Waals surface area contributed by atoms with E-state index in [1.165, 1.54) is 49.7 Å². The Morgan fingerprint density at radius 3 is 2.13 bits per heavy atom. The first-order chi connectivity index (χ1) is 14.6. The first-order valence-corrected chi connectivity index (χ1v) is 13.4. The lowest BCUT2D eigenvalue weighted by Crippen LogP contribution is -2.41. The Kier molecular flexibility index (Phi) is 4.90. The van der Waals surface area contributed by atoms with Crippen LogP contribution in [0.1, 0.15) is 69.4 Å². The van der Waals surface area contributed by atoms with Crippen LogP contribution in [0.4, 0.5) is 0 Å². The van der Waals surface area contributed by atoms with E-state index in [4.69, 9.17) is 0 Å². The fraction of sp³-hybridized carbons (Fsp3) is 0.586. The Balaban J connectivity index is 1.31. The van der Waals surface area contributed by atoms with E-state index in [0.717, 1.165) is 46.3 Å². The number of hydrogen-bond acceptors (Lipinski definition) is 0. The Labute approximate surface area is 191 Å². The number of alkyl halides is 1. The molecule has 0 N–H and O–H groups in total. The minimum Gasteiger partial charge on any atom is -0.0891 e. The van der Waals surface area contributed by atoms with Crippen molar-refractivity contribution in [2.75, 3.05) is 0 Å². The van der Waals surface area contributed by atoms with Gasteiger partial charge in [-0.2, -0.15) is 0 Å². The van der Waals surface area contributed by atoms with Gasteiger partial charge in [0.2, 0.25) is 0 Å². The molecule has 8 unspecified atom stereocenters. The first kappa shape index (κ1) is 19.6. The van der Waals surface area contributed by atoms with Gasteiger partial charge in [0.25, 0.3) is 0 Å². The normalized spacial score (nSPS) is 39.8. The van der Waals surface area contributed by atoms with Gasteiger partial charge in [0.05, 0.1) is 0 Å². The quantitative estimate of drug-likeness (QED) is 0.393. The van der Waals surface area contributed by atoms with Crippen LogP contribution in [-0.4, -0.2) is 4.83 Å². The first-order valence-electron chi connectivity index (χ1n) is 12.4. The molecule has 30 heavy (non-hydrogen) atoms. The summed E-state index contributed by atoms with van der Waals surface area (Å²) in [6.45, 7) is 5.21. The third kappa shape index (κ3) is 2.98. The second kappa shape index (κ2) is 7.51. The van der Waals surface area contributed by atoms with Crippen molar-refractivity contribution in [3.63, 3.8) is 0 Å². The summed E-state index contributed by atoms with van der Waals surface area (Å²) in [6, 6.07) is 18.5. The summed E-state index contributed by atoms with van der Waals surface area (Å²) in [4.78, 5) is 0.772. The molecular formula is C29H35Br. The molecular weight excluding hydrogens is 428 g/mol. The van der Waals surface area contributed by atoms with Gasteiger partial charge in [0, 0.05) is 10.7 Å². The maximum atomic E-state index is 3.98. The van der Waals surface area contributed by atoms with Crippen molar-refractivity contribution in [3.8, 4) is 11.1 Å². The largest absolute Gasteiger partial charge is 0.0891 e. The van der Waals surface area contributed by atoms with Crippen LogP contribution in [0.5, 0.6) is 0 Å². The van der Waals surface area contributed by atoms with Gasteiger partial charge in [0.15, 0.2) is 0 Å². The fourth-order valence-electron chi connectivity index (χ4n) is 8.53. The number of fused-ring (bicyclic) bond motifs is 5. The van der Waals surface area contributed by atoms with Crippen molar-refractivity contribution in [2.24, 2.45) is 41.4 Å². The van der Waals surface area contributed by atoms with Crippen LogP contribution < -0.4 is 0 Å². The minimum absolute atomic E-state index is 0.604. The molecule has 3 fully saturated rings. The maximum absolute atomic E-state index is 3.98. The van der Waals surface area contributed by atoms with E-state index in [1.807, 2.05) is 0 Å². The molecule has 0 saturated heterocycles. The predicted octanol–water partition coefficient (Wildman–Crippen LogP) is 8.30. The van der Waals surface area contributed by atoms with Crippen molar-refractivity contribution in [2.45, 2.75) is 63.1 Å². The van der Waals surface area contributed by atoms with E-state index in [1.54, 1.807) is 11.1 Å². The van der Waals surface area contributed by atoms with Gasteiger partial charge in [-0.15, -0.1) is 0 Å². The zero-order chi connectivity index (χ0) is 20.4. The molecule has 0 bridgehead atoms.